The fourth-order valence-electron chi connectivity index (χ4n) is 6.82. The van der Waals surface area contributed by atoms with Crippen LogP contribution in [0.25, 0.3) is 22.2 Å². The summed E-state index contributed by atoms with van der Waals surface area (Å²) in [6, 6.07) is 31.0. The summed E-state index contributed by atoms with van der Waals surface area (Å²) in [5, 5.41) is 0.612. The number of ketones is 1. The zero-order valence-electron chi connectivity index (χ0n) is 27.4. The second kappa shape index (κ2) is 13.5. The highest BCUT2D eigenvalue weighted by molar-refractivity contribution is 6.22. The maximum Gasteiger partial charge on any atom is 0.339 e. The number of rotatable bonds is 9. The van der Waals surface area contributed by atoms with Gasteiger partial charge in [-0.15, -0.1) is 0 Å². The van der Waals surface area contributed by atoms with Crippen LogP contribution in [0.1, 0.15) is 64.4 Å². The lowest BCUT2D eigenvalue weighted by Gasteiger charge is -2.19. The number of imide groups is 1. The average Bonchev–Trinajstić information content (AvgIpc) is 3.39. The number of benzene rings is 4. The number of esters is 1. The minimum atomic E-state index is -1.04. The van der Waals surface area contributed by atoms with Crippen LogP contribution in [0.15, 0.2) is 103 Å². The van der Waals surface area contributed by atoms with E-state index in [9.17, 15) is 19.2 Å². The van der Waals surface area contributed by atoms with Crippen molar-refractivity contribution in [2.75, 3.05) is 4.90 Å². The van der Waals surface area contributed by atoms with Crippen molar-refractivity contribution in [2.24, 2.45) is 11.8 Å². The lowest BCUT2D eigenvalue weighted by atomic mass is 9.81. The van der Waals surface area contributed by atoms with Crippen molar-refractivity contribution in [2.45, 2.75) is 52.2 Å². The topological polar surface area (TPSA) is 103 Å². The molecule has 8 heteroatoms. The van der Waals surface area contributed by atoms with Crippen molar-refractivity contribution in [3.63, 3.8) is 0 Å². The van der Waals surface area contributed by atoms with E-state index in [-0.39, 0.29) is 35.0 Å². The van der Waals surface area contributed by atoms with Gasteiger partial charge in [0.2, 0.25) is 17.6 Å². The van der Waals surface area contributed by atoms with Gasteiger partial charge in [-0.25, -0.2) is 9.78 Å². The number of ether oxygens (including phenoxy) is 2. The summed E-state index contributed by atoms with van der Waals surface area (Å²) in [5.74, 6) is -1.05. The Labute approximate surface area is 284 Å². The van der Waals surface area contributed by atoms with Crippen LogP contribution in [0.5, 0.6) is 5.75 Å². The van der Waals surface area contributed by atoms with Gasteiger partial charge in [0, 0.05) is 16.5 Å². The number of Topliss-reactive ketones (excluding diaryl/α,β-unsaturated/α-hetero) is 1. The van der Waals surface area contributed by atoms with Gasteiger partial charge in [0.05, 0.1) is 34.3 Å². The third-order valence-electron chi connectivity index (χ3n) is 9.49. The zero-order chi connectivity index (χ0) is 34.1. The highest BCUT2D eigenvalue weighted by Gasteiger charge is 2.48. The van der Waals surface area contributed by atoms with Crippen LogP contribution in [0.2, 0.25) is 0 Å². The van der Waals surface area contributed by atoms with Crippen LogP contribution in [0, 0.1) is 18.8 Å². The molecule has 7 rings (SSSR count). The summed E-state index contributed by atoms with van der Waals surface area (Å²) >= 11 is 0. The predicted octanol–water partition coefficient (Wildman–Crippen LogP) is 7.90. The molecule has 1 aromatic heterocycles. The number of hydrogen-bond acceptors (Lipinski definition) is 7. The maximum atomic E-state index is 13.7. The first-order valence-electron chi connectivity index (χ1n) is 16.7. The standard InChI is InChI=1S/C41H36N2O6/c1-25-12-21-36-34(22-25)35(41(47)49-26(2)38(44)29-15-19-31(20-16-29)48-24-27-8-4-3-5-9-27)23-37(42-36)28-13-17-30(18-14-28)43-39(45)32-10-6-7-11-33(32)40(43)46/h3-5,8-9,12-23,26,32-33H,6-7,10-11,24H2,1-2H3. The first-order valence-corrected chi connectivity index (χ1v) is 16.7. The molecule has 2 heterocycles. The normalized spacial score (nSPS) is 17.9. The third kappa shape index (κ3) is 6.46. The summed E-state index contributed by atoms with van der Waals surface area (Å²) < 4.78 is 11.6. The van der Waals surface area contributed by atoms with Crippen LogP contribution >= 0.6 is 0 Å². The first-order chi connectivity index (χ1) is 23.8. The Morgan fingerprint density at radius 1 is 0.837 bits per heavy atom. The number of aryl methyl sites for hydroxylation is 1. The molecule has 2 aliphatic rings. The summed E-state index contributed by atoms with van der Waals surface area (Å²) in [6.45, 7) is 3.90. The van der Waals surface area contributed by atoms with Crippen LogP contribution < -0.4 is 9.64 Å². The zero-order valence-corrected chi connectivity index (χ0v) is 27.4. The molecule has 0 radical (unpaired) electrons. The van der Waals surface area contributed by atoms with Gasteiger partial charge in [0.25, 0.3) is 0 Å². The van der Waals surface area contributed by atoms with Gasteiger partial charge in [-0.2, -0.15) is 0 Å². The number of pyridine rings is 1. The number of carbonyl (C=O) groups excluding carboxylic acids is 4. The molecule has 1 aliphatic carbocycles. The largest absolute Gasteiger partial charge is 0.489 e. The smallest absolute Gasteiger partial charge is 0.339 e. The predicted molar refractivity (Wildman–Crippen MR) is 186 cm³/mol. The van der Waals surface area contributed by atoms with Gasteiger partial charge in [-0.05, 0) is 86.8 Å². The van der Waals surface area contributed by atoms with Crippen LogP contribution in [-0.4, -0.2) is 34.7 Å². The Balaban J connectivity index is 1.09. The number of amides is 2. The minimum Gasteiger partial charge on any atom is -0.489 e. The number of hydrogen-bond donors (Lipinski definition) is 0. The molecule has 246 valence electrons. The second-order valence-corrected chi connectivity index (χ2v) is 12.8. The molecular formula is C41H36N2O6. The van der Waals surface area contributed by atoms with Crippen LogP contribution in [0.4, 0.5) is 5.69 Å². The number of anilines is 1. The van der Waals surface area contributed by atoms with Crippen LogP contribution in [-0.2, 0) is 20.9 Å². The molecule has 2 fully saturated rings. The molecule has 0 bridgehead atoms. The van der Waals surface area contributed by atoms with Gasteiger partial charge in [0.1, 0.15) is 12.4 Å². The molecule has 1 aliphatic heterocycles. The molecule has 1 saturated carbocycles. The quantitative estimate of drug-likeness (QED) is 0.0906. The van der Waals surface area contributed by atoms with Crippen molar-refractivity contribution < 1.29 is 28.7 Å². The van der Waals surface area contributed by atoms with E-state index in [1.807, 2.05) is 55.5 Å². The van der Waals surface area contributed by atoms with Gasteiger partial charge in [-0.1, -0.05) is 66.9 Å². The van der Waals surface area contributed by atoms with Crippen LogP contribution in [0.3, 0.4) is 0 Å². The van der Waals surface area contributed by atoms with E-state index in [2.05, 4.69) is 0 Å². The van der Waals surface area contributed by atoms with Crippen molar-refractivity contribution in [1.29, 1.82) is 0 Å². The molecule has 3 atom stereocenters. The molecule has 8 nitrogen and oxygen atoms in total. The Kier molecular flexibility index (Phi) is 8.78. The van der Waals surface area contributed by atoms with Crippen molar-refractivity contribution in [3.8, 4) is 17.0 Å². The van der Waals surface area contributed by atoms with E-state index in [1.165, 1.54) is 4.90 Å². The number of aromatic nitrogens is 1. The van der Waals surface area contributed by atoms with Gasteiger partial charge in [-0.3, -0.25) is 19.3 Å². The Bertz CT molecular complexity index is 2030. The van der Waals surface area contributed by atoms with Gasteiger partial charge < -0.3 is 9.47 Å². The molecule has 1 saturated heterocycles. The maximum absolute atomic E-state index is 13.7. The Hall–Kier alpha value is -5.63. The van der Waals surface area contributed by atoms with E-state index in [4.69, 9.17) is 14.5 Å². The van der Waals surface area contributed by atoms with Crippen molar-refractivity contribution in [3.05, 3.63) is 125 Å². The fourth-order valence-corrected chi connectivity index (χ4v) is 6.82. The summed E-state index contributed by atoms with van der Waals surface area (Å²) in [4.78, 5) is 59.4. The lowest BCUT2D eigenvalue weighted by molar-refractivity contribution is -0.122. The number of nitrogens with zero attached hydrogens (tertiary/aromatic N) is 2. The highest BCUT2D eigenvalue weighted by atomic mass is 16.5. The number of fused-ring (bicyclic) bond motifs is 2. The molecular weight excluding hydrogens is 616 g/mol. The van der Waals surface area contributed by atoms with E-state index in [0.29, 0.717) is 45.8 Å². The monoisotopic (exact) mass is 652 g/mol. The van der Waals surface area contributed by atoms with Crippen molar-refractivity contribution in [1.82, 2.24) is 4.98 Å². The lowest BCUT2D eigenvalue weighted by Crippen LogP contribution is -2.30. The minimum absolute atomic E-state index is 0.123. The average molecular weight is 653 g/mol. The van der Waals surface area contributed by atoms with Gasteiger partial charge >= 0.3 is 5.97 Å². The molecule has 3 unspecified atom stereocenters. The summed E-state index contributed by atoms with van der Waals surface area (Å²) in [6.07, 6.45) is 2.40. The van der Waals surface area contributed by atoms with E-state index >= 15 is 0 Å². The van der Waals surface area contributed by atoms with Gasteiger partial charge in [0.15, 0.2) is 6.10 Å². The molecule has 49 heavy (non-hydrogen) atoms. The highest BCUT2D eigenvalue weighted by Crippen LogP contribution is 2.40. The SMILES string of the molecule is Cc1ccc2nc(-c3ccc(N4C(=O)C5CCCCC5C4=O)cc3)cc(C(=O)OC(C)C(=O)c3ccc(OCc4ccccc4)cc3)c2c1. The van der Waals surface area contributed by atoms with E-state index in [1.54, 1.807) is 61.5 Å². The number of carbonyl (C=O) groups is 4. The first kappa shape index (κ1) is 31.9. The molecule has 0 spiro atoms. The Morgan fingerprint density at radius 3 is 2.18 bits per heavy atom. The van der Waals surface area contributed by atoms with E-state index < -0.39 is 12.1 Å². The fraction of sp³-hybridized carbons (Fsp3) is 0.244. The summed E-state index contributed by atoms with van der Waals surface area (Å²) in [7, 11) is 0. The molecule has 5 aromatic rings. The molecule has 4 aromatic carbocycles. The van der Waals surface area contributed by atoms with E-state index in [0.717, 1.165) is 36.8 Å². The van der Waals surface area contributed by atoms with Crippen molar-refractivity contribution >= 4 is 40.2 Å². The Morgan fingerprint density at radius 2 is 1.51 bits per heavy atom. The molecule has 2 amide bonds. The summed E-state index contributed by atoms with van der Waals surface area (Å²) in [5.41, 5.74) is 5.02. The molecule has 0 N–H and O–H groups in total. The third-order valence-corrected chi connectivity index (χ3v) is 9.49. The second-order valence-electron chi connectivity index (χ2n) is 12.8.